The number of fused-ring (bicyclic) bond motifs is 1. The molecule has 1 aliphatic rings. The van der Waals surface area contributed by atoms with Crippen LogP contribution in [0.2, 0.25) is 0 Å². The Balaban J connectivity index is 1.52. The van der Waals surface area contributed by atoms with Gasteiger partial charge in [-0.15, -0.1) is 0 Å². The number of carbonyl (C=O) groups excluding carboxylic acids is 1. The average Bonchev–Trinajstić information content (AvgIpc) is 3.16. The summed E-state index contributed by atoms with van der Waals surface area (Å²) in [7, 11) is 1.59. The van der Waals surface area contributed by atoms with Gasteiger partial charge in [-0.25, -0.2) is 14.8 Å². The number of hydrogen-bond acceptors (Lipinski definition) is 5. The van der Waals surface area contributed by atoms with Crippen LogP contribution in [0, 0.1) is 5.95 Å². The zero-order valence-corrected chi connectivity index (χ0v) is 17.9. The number of anilines is 1. The summed E-state index contributed by atoms with van der Waals surface area (Å²) in [5.74, 6) is -0.1000. The number of halogens is 1. The molecule has 0 radical (unpaired) electrons. The van der Waals surface area contributed by atoms with Crippen LogP contribution in [0.15, 0.2) is 48.9 Å². The molecule has 0 unspecified atom stereocenters. The summed E-state index contributed by atoms with van der Waals surface area (Å²) in [5, 5.41) is 0. The molecule has 0 aliphatic heterocycles. The van der Waals surface area contributed by atoms with E-state index in [9.17, 15) is 9.18 Å². The molecule has 0 bridgehead atoms. The summed E-state index contributed by atoms with van der Waals surface area (Å²) in [4.78, 5) is 26.1. The van der Waals surface area contributed by atoms with Crippen molar-refractivity contribution in [1.29, 1.82) is 0 Å². The molecule has 0 spiro atoms. The second-order valence-electron chi connectivity index (χ2n) is 8.40. The Morgan fingerprint density at radius 1 is 1.13 bits per heavy atom. The Labute approximate surface area is 180 Å². The Bertz CT molecular complexity index is 1170. The predicted octanol–water partition coefficient (Wildman–Crippen LogP) is 5.15. The summed E-state index contributed by atoms with van der Waals surface area (Å²) >= 11 is 0. The lowest BCUT2D eigenvalue weighted by molar-refractivity contribution is 0.0588. The predicted molar refractivity (Wildman–Crippen MR) is 118 cm³/mol. The largest absolute Gasteiger partial charge is 0.443 e. The van der Waals surface area contributed by atoms with Gasteiger partial charge in [-0.1, -0.05) is 6.08 Å². The normalized spacial score (nSPS) is 12.9. The minimum absolute atomic E-state index is 0.428. The van der Waals surface area contributed by atoms with Crippen molar-refractivity contribution in [1.82, 2.24) is 15.0 Å². The average molecular weight is 418 g/mol. The Morgan fingerprint density at radius 3 is 2.58 bits per heavy atom. The second-order valence-corrected chi connectivity index (χ2v) is 8.40. The first kappa shape index (κ1) is 20.7. The van der Waals surface area contributed by atoms with Crippen LogP contribution in [0.25, 0.3) is 22.9 Å². The zero-order chi connectivity index (χ0) is 22.2. The molecule has 1 amide bonds. The van der Waals surface area contributed by atoms with E-state index in [2.05, 4.69) is 15.0 Å². The Morgan fingerprint density at radius 2 is 1.94 bits per heavy atom. The minimum atomic E-state index is -0.596. The number of rotatable bonds is 3. The SMILES string of the molecule is CN(C(=O)OC(C)(C)C)c1ccc(-c2ccc(C3=Cc4ccncc4C3)c(F)n2)cn1. The maximum absolute atomic E-state index is 14.8. The Hall–Kier alpha value is -3.61. The molecule has 7 heteroatoms. The van der Waals surface area contributed by atoms with Crippen LogP contribution in [0.1, 0.15) is 37.5 Å². The Kier molecular flexibility index (Phi) is 5.27. The molecule has 1 aliphatic carbocycles. The summed E-state index contributed by atoms with van der Waals surface area (Å²) in [5.41, 5.74) is 4.03. The van der Waals surface area contributed by atoms with E-state index in [1.54, 1.807) is 70.7 Å². The molecule has 0 N–H and O–H groups in total. The first-order chi connectivity index (χ1) is 14.7. The van der Waals surface area contributed by atoms with Gasteiger partial charge in [-0.05, 0) is 67.8 Å². The van der Waals surface area contributed by atoms with E-state index in [1.165, 1.54) is 4.90 Å². The van der Waals surface area contributed by atoms with Crippen molar-refractivity contribution in [2.24, 2.45) is 0 Å². The summed E-state index contributed by atoms with van der Waals surface area (Å²) < 4.78 is 20.2. The highest BCUT2D eigenvalue weighted by molar-refractivity contribution is 5.88. The number of hydrogen-bond donors (Lipinski definition) is 0. The summed E-state index contributed by atoms with van der Waals surface area (Å²) in [6.45, 7) is 5.41. The second kappa shape index (κ2) is 7.91. The number of pyridine rings is 3. The van der Waals surface area contributed by atoms with Crippen molar-refractivity contribution < 1.29 is 13.9 Å². The van der Waals surface area contributed by atoms with E-state index < -0.39 is 17.6 Å². The highest BCUT2D eigenvalue weighted by Gasteiger charge is 2.22. The van der Waals surface area contributed by atoms with Crippen LogP contribution >= 0.6 is 0 Å². The van der Waals surface area contributed by atoms with Crippen molar-refractivity contribution in [3.05, 3.63) is 71.6 Å². The van der Waals surface area contributed by atoms with Crippen molar-refractivity contribution in [3.63, 3.8) is 0 Å². The van der Waals surface area contributed by atoms with Gasteiger partial charge in [0.05, 0.1) is 5.69 Å². The molecular formula is C24H23FN4O2. The van der Waals surface area contributed by atoms with Crippen LogP contribution < -0.4 is 4.90 Å². The van der Waals surface area contributed by atoms with E-state index in [0.717, 1.165) is 16.7 Å². The molecular weight excluding hydrogens is 395 g/mol. The van der Waals surface area contributed by atoms with E-state index in [0.29, 0.717) is 29.1 Å². The zero-order valence-electron chi connectivity index (χ0n) is 17.9. The van der Waals surface area contributed by atoms with E-state index in [4.69, 9.17) is 4.74 Å². The lowest BCUT2D eigenvalue weighted by Gasteiger charge is -2.24. The van der Waals surface area contributed by atoms with Gasteiger partial charge < -0.3 is 4.74 Å². The van der Waals surface area contributed by atoms with Crippen molar-refractivity contribution in [3.8, 4) is 11.3 Å². The van der Waals surface area contributed by atoms with Gasteiger partial charge in [0, 0.05) is 43.2 Å². The van der Waals surface area contributed by atoms with Gasteiger partial charge in [0.1, 0.15) is 11.4 Å². The third-order valence-electron chi connectivity index (χ3n) is 4.90. The maximum Gasteiger partial charge on any atom is 0.415 e. The summed E-state index contributed by atoms with van der Waals surface area (Å²) in [6, 6.07) is 8.86. The molecule has 3 aromatic heterocycles. The molecule has 3 heterocycles. The van der Waals surface area contributed by atoms with Crippen molar-refractivity contribution in [2.75, 3.05) is 11.9 Å². The van der Waals surface area contributed by atoms with Gasteiger partial charge in [0.15, 0.2) is 0 Å². The maximum atomic E-state index is 14.8. The standard InChI is InChI=1S/C24H23FN4O2/c1-24(2,3)31-23(30)29(4)21-8-5-16(14-27-21)20-7-6-19(22(25)28-20)17-11-15-9-10-26-13-18(15)12-17/h5-11,13-14H,12H2,1-4H3. The van der Waals surface area contributed by atoms with Crippen LogP contribution in [-0.2, 0) is 11.2 Å². The molecule has 31 heavy (non-hydrogen) atoms. The fourth-order valence-electron chi connectivity index (χ4n) is 3.34. The number of aromatic nitrogens is 3. The van der Waals surface area contributed by atoms with Gasteiger partial charge in [0.2, 0.25) is 5.95 Å². The number of nitrogens with zero attached hydrogens (tertiary/aromatic N) is 4. The van der Waals surface area contributed by atoms with Gasteiger partial charge in [0.25, 0.3) is 0 Å². The number of amides is 1. The summed E-state index contributed by atoms with van der Waals surface area (Å²) in [6.07, 6.45) is 7.21. The molecule has 0 fully saturated rings. The van der Waals surface area contributed by atoms with E-state index in [-0.39, 0.29) is 0 Å². The molecule has 3 aromatic rings. The minimum Gasteiger partial charge on any atom is -0.443 e. The van der Waals surface area contributed by atoms with Crippen LogP contribution in [0.5, 0.6) is 0 Å². The highest BCUT2D eigenvalue weighted by atomic mass is 19.1. The van der Waals surface area contributed by atoms with Crippen LogP contribution in [-0.4, -0.2) is 33.7 Å². The molecule has 0 saturated heterocycles. The first-order valence-electron chi connectivity index (χ1n) is 9.95. The fourth-order valence-corrected chi connectivity index (χ4v) is 3.34. The molecule has 0 aromatic carbocycles. The number of carbonyl (C=O) groups is 1. The number of ether oxygens (including phenoxy) is 1. The lowest BCUT2D eigenvalue weighted by atomic mass is 10.0. The number of allylic oxidation sites excluding steroid dienone is 1. The highest BCUT2D eigenvalue weighted by Crippen LogP contribution is 2.32. The molecule has 6 nitrogen and oxygen atoms in total. The van der Waals surface area contributed by atoms with Gasteiger partial charge in [-0.3, -0.25) is 9.88 Å². The van der Waals surface area contributed by atoms with Crippen molar-refractivity contribution in [2.45, 2.75) is 32.8 Å². The third-order valence-corrected chi connectivity index (χ3v) is 4.90. The lowest BCUT2D eigenvalue weighted by Crippen LogP contribution is -2.34. The van der Waals surface area contributed by atoms with Gasteiger partial charge >= 0.3 is 6.09 Å². The molecule has 158 valence electrons. The van der Waals surface area contributed by atoms with E-state index >= 15 is 0 Å². The third kappa shape index (κ3) is 4.45. The van der Waals surface area contributed by atoms with Crippen molar-refractivity contribution >= 4 is 23.6 Å². The molecule has 4 rings (SSSR count). The first-order valence-corrected chi connectivity index (χ1v) is 9.95. The van der Waals surface area contributed by atoms with Crippen LogP contribution in [0.4, 0.5) is 15.0 Å². The van der Waals surface area contributed by atoms with E-state index in [1.807, 2.05) is 12.1 Å². The molecule has 0 atom stereocenters. The van der Waals surface area contributed by atoms with Gasteiger partial charge in [-0.2, -0.15) is 4.39 Å². The monoisotopic (exact) mass is 418 g/mol. The smallest absolute Gasteiger partial charge is 0.415 e. The quantitative estimate of drug-likeness (QED) is 0.551. The topological polar surface area (TPSA) is 68.2 Å². The molecule has 0 saturated carbocycles. The fraction of sp³-hybridized carbons (Fsp3) is 0.250. The van der Waals surface area contributed by atoms with Crippen LogP contribution in [0.3, 0.4) is 0 Å².